The van der Waals surface area contributed by atoms with E-state index in [1.165, 1.54) is 6.07 Å². The van der Waals surface area contributed by atoms with Crippen LogP contribution < -0.4 is 19.8 Å². The molecular formula is C26H34F2N6O5S. The van der Waals surface area contributed by atoms with Crippen LogP contribution in [0.3, 0.4) is 0 Å². The molecule has 11 nitrogen and oxygen atoms in total. The van der Waals surface area contributed by atoms with Crippen molar-refractivity contribution in [2.24, 2.45) is 5.92 Å². The van der Waals surface area contributed by atoms with Gasteiger partial charge in [0.1, 0.15) is 5.82 Å². The van der Waals surface area contributed by atoms with Crippen molar-refractivity contribution in [2.75, 3.05) is 65.5 Å². The Bertz CT molecular complexity index is 1380. The zero-order valence-electron chi connectivity index (χ0n) is 22.5. The second-order valence-corrected chi connectivity index (χ2v) is 12.6. The Balaban J connectivity index is 1.40. The average Bonchev–Trinajstić information content (AvgIpc) is 3.62. The normalized spacial score (nSPS) is 23.9. The molecule has 1 amide bonds. The maximum Gasteiger partial charge on any atom is 0.258 e. The summed E-state index contributed by atoms with van der Waals surface area (Å²) >= 11 is 0. The number of halogens is 2. The van der Waals surface area contributed by atoms with E-state index in [0.717, 1.165) is 12.8 Å². The van der Waals surface area contributed by atoms with Crippen molar-refractivity contribution in [3.05, 3.63) is 35.5 Å². The van der Waals surface area contributed by atoms with E-state index in [1.807, 2.05) is 0 Å². The Hall–Kier alpha value is -3.10. The zero-order valence-corrected chi connectivity index (χ0v) is 23.3. The average molecular weight is 581 g/mol. The van der Waals surface area contributed by atoms with Gasteiger partial charge in [-0.25, -0.2) is 22.2 Å². The molecule has 1 aromatic heterocycles. The van der Waals surface area contributed by atoms with E-state index in [0.29, 0.717) is 36.0 Å². The molecule has 3 aliphatic rings. The van der Waals surface area contributed by atoms with Crippen LogP contribution in [0, 0.1) is 12.8 Å². The third-order valence-corrected chi connectivity index (χ3v) is 9.17. The molecule has 218 valence electrons. The molecular weight excluding hydrogens is 546 g/mol. The highest BCUT2D eigenvalue weighted by Crippen LogP contribution is 2.53. The van der Waals surface area contributed by atoms with Gasteiger partial charge in [-0.1, -0.05) is 0 Å². The van der Waals surface area contributed by atoms with E-state index in [4.69, 9.17) is 9.84 Å². The summed E-state index contributed by atoms with van der Waals surface area (Å²) in [6.45, 7) is 2.71. The van der Waals surface area contributed by atoms with Gasteiger partial charge in [-0.2, -0.15) is 4.98 Å². The lowest BCUT2D eigenvalue weighted by Crippen LogP contribution is -2.40. The first kappa shape index (κ1) is 28.4. The quantitative estimate of drug-likeness (QED) is 0.409. The molecule has 0 spiro atoms. The smallest absolute Gasteiger partial charge is 0.258 e. The fraction of sp³-hybridized carbons (Fsp3) is 0.577. The molecule has 2 saturated heterocycles. The number of carbonyl (C=O) groups excluding carboxylic acids is 1. The van der Waals surface area contributed by atoms with Crippen LogP contribution in [0.5, 0.6) is 0 Å². The molecule has 0 radical (unpaired) electrons. The lowest BCUT2D eigenvalue weighted by molar-refractivity contribution is -0.0222. The summed E-state index contributed by atoms with van der Waals surface area (Å²) in [6, 6.07) is 6.28. The SMILES string of the molecule is CO[C@]12CCN(c3cc(NS(=O)(=O)CCO)ccc3C(=O)Nc3cc(C)nc(N4CCC(F)(F)CC4)n3)C[C@H]1C2. The van der Waals surface area contributed by atoms with E-state index in [1.54, 1.807) is 37.1 Å². The number of amides is 1. The fourth-order valence-electron chi connectivity index (χ4n) is 5.52. The number of aliphatic hydroxyl groups is 1. The van der Waals surface area contributed by atoms with Gasteiger partial charge in [-0.3, -0.25) is 9.52 Å². The number of aliphatic hydroxyl groups excluding tert-OH is 1. The monoisotopic (exact) mass is 580 g/mol. The summed E-state index contributed by atoms with van der Waals surface area (Å²) in [7, 11) is -2.06. The number of aromatic nitrogens is 2. The third-order valence-electron chi connectivity index (χ3n) is 7.91. The van der Waals surface area contributed by atoms with Crippen LogP contribution >= 0.6 is 0 Å². The summed E-state index contributed by atoms with van der Waals surface area (Å²) in [5, 5.41) is 11.9. The molecule has 1 saturated carbocycles. The number of piperidine rings is 2. The van der Waals surface area contributed by atoms with Gasteiger partial charge in [0.05, 0.1) is 34.9 Å². The van der Waals surface area contributed by atoms with Gasteiger partial charge in [0.15, 0.2) is 0 Å². The van der Waals surface area contributed by atoms with E-state index < -0.39 is 34.2 Å². The minimum Gasteiger partial charge on any atom is -0.395 e. The number of nitrogens with one attached hydrogen (secondary N) is 2. The fourth-order valence-corrected chi connectivity index (χ4v) is 6.35. The van der Waals surface area contributed by atoms with Crippen LogP contribution in [-0.4, -0.2) is 86.6 Å². The number of ether oxygens (including phenoxy) is 1. The summed E-state index contributed by atoms with van der Waals surface area (Å²) < 4.78 is 60.0. The summed E-state index contributed by atoms with van der Waals surface area (Å²) in [6.07, 6.45) is 1.13. The van der Waals surface area contributed by atoms with Crippen LogP contribution in [0.15, 0.2) is 24.3 Å². The number of rotatable bonds is 9. The molecule has 1 aromatic carbocycles. The lowest BCUT2D eigenvalue weighted by Gasteiger charge is -2.34. The van der Waals surface area contributed by atoms with Gasteiger partial charge in [-0.05, 0) is 38.0 Å². The van der Waals surface area contributed by atoms with Gasteiger partial charge in [0, 0.05) is 63.8 Å². The second-order valence-electron chi connectivity index (χ2n) is 10.7. The zero-order chi connectivity index (χ0) is 28.7. The Kier molecular flexibility index (Phi) is 7.61. The Morgan fingerprint density at radius 2 is 1.88 bits per heavy atom. The molecule has 2 aliphatic heterocycles. The highest BCUT2D eigenvalue weighted by Gasteiger charge is 2.57. The standard InChI is InChI=1S/C26H34F2N6O5S/c1-17-13-22(31-24(29-17)33-9-6-26(27,28)7-10-33)30-23(36)20-4-3-19(32-40(37,38)12-11-35)14-21(20)34-8-5-25(39-2)15-18(25)16-34/h3-4,13-14,18,32,35H,5-12,15-16H2,1-2H3,(H,29,30,31,36)/t18-,25+/m1/s1. The number of methoxy groups -OCH3 is 1. The topological polar surface area (TPSA) is 137 Å². The predicted molar refractivity (Wildman–Crippen MR) is 147 cm³/mol. The van der Waals surface area contributed by atoms with E-state index >= 15 is 0 Å². The first-order valence-corrected chi connectivity index (χ1v) is 14.9. The van der Waals surface area contributed by atoms with E-state index in [-0.39, 0.29) is 49.0 Å². The summed E-state index contributed by atoms with van der Waals surface area (Å²) in [5.74, 6) is -2.78. The van der Waals surface area contributed by atoms with Crippen molar-refractivity contribution in [1.82, 2.24) is 9.97 Å². The molecule has 14 heteroatoms. The largest absolute Gasteiger partial charge is 0.395 e. The van der Waals surface area contributed by atoms with Gasteiger partial charge in [0.2, 0.25) is 16.0 Å². The molecule has 3 heterocycles. The van der Waals surface area contributed by atoms with Crippen molar-refractivity contribution >= 4 is 39.1 Å². The molecule has 0 bridgehead atoms. The number of sulfonamides is 1. The minimum atomic E-state index is -3.77. The molecule has 2 aromatic rings. The molecule has 5 rings (SSSR count). The molecule has 3 N–H and O–H groups in total. The molecule has 40 heavy (non-hydrogen) atoms. The van der Waals surface area contributed by atoms with Crippen LogP contribution in [0.1, 0.15) is 41.7 Å². The number of benzene rings is 1. The van der Waals surface area contributed by atoms with Crippen LogP contribution in [0.25, 0.3) is 0 Å². The lowest BCUT2D eigenvalue weighted by atomic mass is 10.0. The van der Waals surface area contributed by atoms with Gasteiger partial charge in [-0.15, -0.1) is 0 Å². The molecule has 1 aliphatic carbocycles. The Morgan fingerprint density at radius 1 is 1.15 bits per heavy atom. The highest BCUT2D eigenvalue weighted by atomic mass is 32.2. The number of nitrogens with zero attached hydrogens (tertiary/aromatic N) is 4. The van der Waals surface area contributed by atoms with Crippen LogP contribution in [0.4, 0.5) is 31.9 Å². The third kappa shape index (κ3) is 6.13. The van der Waals surface area contributed by atoms with Gasteiger partial charge in [0.25, 0.3) is 11.8 Å². The predicted octanol–water partition coefficient (Wildman–Crippen LogP) is 2.62. The van der Waals surface area contributed by atoms with Crippen molar-refractivity contribution in [3.8, 4) is 0 Å². The molecule has 2 atom stereocenters. The number of anilines is 4. The first-order chi connectivity index (χ1) is 18.9. The maximum atomic E-state index is 13.6. The Morgan fingerprint density at radius 3 is 2.55 bits per heavy atom. The molecule has 0 unspecified atom stereocenters. The van der Waals surface area contributed by atoms with Crippen LogP contribution in [-0.2, 0) is 14.8 Å². The number of aryl methyl sites for hydroxylation is 1. The Labute approximate surface area is 232 Å². The number of hydrogen-bond donors (Lipinski definition) is 3. The van der Waals surface area contributed by atoms with E-state index in [9.17, 15) is 22.0 Å². The van der Waals surface area contributed by atoms with Crippen molar-refractivity contribution in [3.63, 3.8) is 0 Å². The van der Waals surface area contributed by atoms with Crippen molar-refractivity contribution in [1.29, 1.82) is 0 Å². The number of carbonyl (C=O) groups is 1. The second kappa shape index (κ2) is 10.7. The van der Waals surface area contributed by atoms with Gasteiger partial charge < -0.3 is 25.0 Å². The van der Waals surface area contributed by atoms with Crippen LogP contribution in [0.2, 0.25) is 0 Å². The summed E-state index contributed by atoms with van der Waals surface area (Å²) in [5.41, 5.74) is 1.61. The number of hydrogen-bond acceptors (Lipinski definition) is 9. The number of fused-ring (bicyclic) bond motifs is 1. The number of alkyl halides is 2. The highest BCUT2D eigenvalue weighted by molar-refractivity contribution is 7.92. The first-order valence-electron chi connectivity index (χ1n) is 13.3. The van der Waals surface area contributed by atoms with Crippen molar-refractivity contribution < 1.29 is 31.8 Å². The van der Waals surface area contributed by atoms with E-state index in [2.05, 4.69) is 24.9 Å². The summed E-state index contributed by atoms with van der Waals surface area (Å²) in [4.78, 5) is 26.1. The van der Waals surface area contributed by atoms with Crippen molar-refractivity contribution in [2.45, 2.75) is 44.1 Å². The minimum absolute atomic E-state index is 0.112. The maximum absolute atomic E-state index is 13.6. The van der Waals surface area contributed by atoms with Gasteiger partial charge >= 0.3 is 0 Å². The molecule has 3 fully saturated rings.